The van der Waals surface area contributed by atoms with E-state index in [0.29, 0.717) is 0 Å². The van der Waals surface area contributed by atoms with Crippen molar-refractivity contribution in [2.75, 3.05) is 0 Å². The number of hydrogen-bond acceptors (Lipinski definition) is 1. The summed E-state index contributed by atoms with van der Waals surface area (Å²) in [5.41, 5.74) is 3.57. The van der Waals surface area contributed by atoms with Gasteiger partial charge in [0.1, 0.15) is 6.54 Å². The second kappa shape index (κ2) is 6.82. The van der Waals surface area contributed by atoms with Gasteiger partial charge in [0.05, 0.1) is 5.38 Å². The number of halogens is 4. The summed E-state index contributed by atoms with van der Waals surface area (Å²) in [5.74, 6) is 0. The minimum absolute atomic E-state index is 1.19. The summed E-state index contributed by atoms with van der Waals surface area (Å²) >= 11 is 1.78. The van der Waals surface area contributed by atoms with E-state index in [-0.39, 0.29) is 0 Å². The van der Waals surface area contributed by atoms with Crippen LogP contribution in [0.4, 0.5) is 17.3 Å². The first-order valence-electron chi connectivity index (χ1n) is 4.64. The molecule has 0 saturated heterocycles. The topological polar surface area (TPSA) is 3.88 Å². The molecule has 88 valence electrons. The minimum atomic E-state index is -6.00. The van der Waals surface area contributed by atoms with Crippen LogP contribution in [0.2, 0.25) is 0 Å². The second-order valence-corrected chi connectivity index (χ2v) is 3.76. The third-order valence-electron chi connectivity index (χ3n) is 1.63. The number of unbranched alkanes of at least 4 members (excludes halogenated alkanes) is 1. The molecule has 0 amide bonds. The SMILES string of the molecule is CCCC[n+]1cscc1C.F[B-](F)(F)F. The summed E-state index contributed by atoms with van der Waals surface area (Å²) < 4.78 is 41.3. The van der Waals surface area contributed by atoms with Crippen LogP contribution in [0.1, 0.15) is 25.5 Å². The molecule has 15 heavy (non-hydrogen) atoms. The van der Waals surface area contributed by atoms with Crippen molar-refractivity contribution >= 4 is 18.6 Å². The van der Waals surface area contributed by atoms with Crippen molar-refractivity contribution in [3.8, 4) is 0 Å². The molecule has 0 radical (unpaired) electrons. The van der Waals surface area contributed by atoms with E-state index in [9.17, 15) is 17.3 Å². The normalized spacial score (nSPS) is 10.8. The molecule has 0 unspecified atom stereocenters. The van der Waals surface area contributed by atoms with Gasteiger partial charge in [0.2, 0.25) is 5.51 Å². The molecular formula is C8H14BF4NS. The zero-order valence-corrected chi connectivity index (χ0v) is 9.54. The molecule has 1 aromatic rings. The average molecular weight is 243 g/mol. The molecule has 1 nitrogen and oxygen atoms in total. The van der Waals surface area contributed by atoms with Gasteiger partial charge < -0.3 is 17.3 Å². The van der Waals surface area contributed by atoms with Gasteiger partial charge in [-0.25, -0.2) is 0 Å². The van der Waals surface area contributed by atoms with Gasteiger partial charge in [-0.1, -0.05) is 24.7 Å². The number of aryl methyl sites for hydroxylation is 2. The highest BCUT2D eigenvalue weighted by Gasteiger charge is 2.20. The van der Waals surface area contributed by atoms with Crippen LogP contribution < -0.4 is 4.57 Å². The van der Waals surface area contributed by atoms with Crippen LogP contribution in [0.3, 0.4) is 0 Å². The van der Waals surface area contributed by atoms with Gasteiger partial charge in [-0.15, -0.1) is 0 Å². The summed E-state index contributed by atoms with van der Waals surface area (Å²) in [6.45, 7) is 5.57. The Morgan fingerprint density at radius 3 is 2.20 bits per heavy atom. The standard InChI is InChI=1S/C8H14NS.BF4/c1-3-4-5-9-7-10-6-8(9)2;2-1(3,4)5/h6-7H,3-5H2,1-2H3;/q+1;-1. The van der Waals surface area contributed by atoms with Crippen molar-refractivity contribution in [1.29, 1.82) is 0 Å². The molecular weight excluding hydrogens is 229 g/mol. The number of hydrogen-bond donors (Lipinski definition) is 0. The third-order valence-corrected chi connectivity index (χ3v) is 2.49. The van der Waals surface area contributed by atoms with Gasteiger partial charge in [0.15, 0.2) is 5.69 Å². The maximum Gasteiger partial charge on any atom is 0.673 e. The van der Waals surface area contributed by atoms with E-state index in [1.165, 1.54) is 25.1 Å². The Balaban J connectivity index is 0.000000336. The Morgan fingerprint density at radius 2 is 1.87 bits per heavy atom. The summed E-state index contributed by atoms with van der Waals surface area (Å²) in [4.78, 5) is 0. The molecule has 1 heterocycles. The lowest BCUT2D eigenvalue weighted by Crippen LogP contribution is -2.33. The first-order valence-corrected chi connectivity index (χ1v) is 5.58. The summed E-state index contributed by atoms with van der Waals surface area (Å²) in [5, 5.41) is 2.19. The van der Waals surface area contributed by atoms with Crippen LogP contribution >= 0.6 is 11.3 Å². The highest BCUT2D eigenvalue weighted by molar-refractivity contribution is 7.07. The first kappa shape index (κ1) is 14.4. The Kier molecular flexibility index (Phi) is 6.55. The number of rotatable bonds is 3. The van der Waals surface area contributed by atoms with E-state index in [2.05, 4.69) is 29.3 Å². The second-order valence-electron chi connectivity index (χ2n) is 3.04. The smallest absolute Gasteiger partial charge is 0.418 e. The highest BCUT2D eigenvalue weighted by atomic mass is 32.1. The fourth-order valence-corrected chi connectivity index (χ4v) is 1.72. The maximum atomic E-state index is 9.75. The Bertz CT molecular complexity index is 268. The molecule has 0 saturated carbocycles. The Hall–Kier alpha value is -0.585. The highest BCUT2D eigenvalue weighted by Crippen LogP contribution is 2.06. The Morgan fingerprint density at radius 1 is 1.33 bits per heavy atom. The van der Waals surface area contributed by atoms with Crippen molar-refractivity contribution < 1.29 is 21.8 Å². The number of nitrogens with zero attached hydrogens (tertiary/aromatic N) is 1. The van der Waals surface area contributed by atoms with Gasteiger partial charge >= 0.3 is 7.25 Å². The van der Waals surface area contributed by atoms with Crippen molar-refractivity contribution in [3.05, 3.63) is 16.6 Å². The van der Waals surface area contributed by atoms with E-state index in [0.717, 1.165) is 0 Å². The Labute approximate surface area is 90.8 Å². The molecule has 0 aromatic carbocycles. The number of aromatic nitrogens is 1. The van der Waals surface area contributed by atoms with Crippen molar-refractivity contribution in [1.82, 2.24) is 0 Å². The summed E-state index contributed by atoms with van der Waals surface area (Å²) in [7, 11) is -6.00. The molecule has 7 heteroatoms. The molecule has 0 aliphatic carbocycles. The van der Waals surface area contributed by atoms with Crippen molar-refractivity contribution in [3.63, 3.8) is 0 Å². The van der Waals surface area contributed by atoms with Crippen LogP contribution in [0.15, 0.2) is 10.9 Å². The maximum absolute atomic E-state index is 9.75. The van der Waals surface area contributed by atoms with Gasteiger partial charge in [0, 0.05) is 13.3 Å². The molecule has 0 N–H and O–H groups in total. The molecule has 0 aliphatic rings. The van der Waals surface area contributed by atoms with Gasteiger partial charge in [0.25, 0.3) is 0 Å². The molecule has 0 aliphatic heterocycles. The first-order chi connectivity index (χ1) is 6.84. The fourth-order valence-electron chi connectivity index (χ4n) is 0.911. The third kappa shape index (κ3) is 9.71. The zero-order valence-electron chi connectivity index (χ0n) is 8.72. The van der Waals surface area contributed by atoms with Crippen molar-refractivity contribution in [2.45, 2.75) is 33.2 Å². The summed E-state index contributed by atoms with van der Waals surface area (Å²) in [6.07, 6.45) is 2.57. The lowest BCUT2D eigenvalue weighted by atomic mass is 10.3. The van der Waals surface area contributed by atoms with Crippen LogP contribution in [0, 0.1) is 6.92 Å². The van der Waals surface area contributed by atoms with Crippen LogP contribution in [0.5, 0.6) is 0 Å². The molecule has 0 spiro atoms. The molecule has 0 atom stereocenters. The van der Waals surface area contributed by atoms with Gasteiger partial charge in [-0.2, -0.15) is 4.57 Å². The van der Waals surface area contributed by atoms with E-state index >= 15 is 0 Å². The van der Waals surface area contributed by atoms with E-state index in [4.69, 9.17) is 0 Å². The minimum Gasteiger partial charge on any atom is -0.418 e. The molecule has 1 aromatic heterocycles. The molecule has 1 rings (SSSR count). The van der Waals surface area contributed by atoms with Gasteiger partial charge in [-0.3, -0.25) is 0 Å². The van der Waals surface area contributed by atoms with Crippen LogP contribution in [-0.2, 0) is 6.54 Å². The molecule has 0 bridgehead atoms. The fraction of sp³-hybridized carbons (Fsp3) is 0.625. The summed E-state index contributed by atoms with van der Waals surface area (Å²) in [6, 6.07) is 0. The predicted octanol–water partition coefficient (Wildman–Crippen LogP) is 3.44. The largest absolute Gasteiger partial charge is 0.673 e. The van der Waals surface area contributed by atoms with E-state index < -0.39 is 7.25 Å². The zero-order chi connectivity index (χ0) is 11.9. The van der Waals surface area contributed by atoms with E-state index in [1.54, 1.807) is 11.3 Å². The van der Waals surface area contributed by atoms with Crippen molar-refractivity contribution in [2.24, 2.45) is 0 Å². The number of thiazole rings is 1. The lowest BCUT2D eigenvalue weighted by molar-refractivity contribution is -0.698. The quantitative estimate of drug-likeness (QED) is 0.435. The average Bonchev–Trinajstić information content (AvgIpc) is 2.45. The van der Waals surface area contributed by atoms with Gasteiger partial charge in [-0.05, 0) is 0 Å². The van der Waals surface area contributed by atoms with Crippen LogP contribution in [0.25, 0.3) is 0 Å². The molecule has 0 fully saturated rings. The lowest BCUT2D eigenvalue weighted by Gasteiger charge is -1.94. The van der Waals surface area contributed by atoms with Crippen LogP contribution in [-0.4, -0.2) is 7.25 Å². The predicted molar refractivity (Wildman–Crippen MR) is 54.3 cm³/mol. The van der Waals surface area contributed by atoms with E-state index in [1.807, 2.05) is 0 Å². The monoisotopic (exact) mass is 243 g/mol.